The Morgan fingerprint density at radius 3 is 2.43 bits per heavy atom. The van der Waals surface area contributed by atoms with E-state index in [2.05, 4.69) is 23.1 Å². The lowest BCUT2D eigenvalue weighted by Gasteiger charge is -2.19. The molecule has 0 saturated heterocycles. The number of thiophene rings is 1. The number of rotatable bonds is 7. The Bertz CT molecular complexity index is 583. The molecule has 0 fully saturated rings. The summed E-state index contributed by atoms with van der Waals surface area (Å²) in [6.45, 7) is 7.23. The fraction of sp³-hybridized carbons (Fsp3) is 0.375. The third-order valence-electron chi connectivity index (χ3n) is 3.27. The van der Waals surface area contributed by atoms with Gasteiger partial charge in [-0.1, -0.05) is 6.07 Å². The molecule has 21 heavy (non-hydrogen) atoms. The highest BCUT2D eigenvalue weighted by atomic mass is 32.1. The second-order valence-electron chi connectivity index (χ2n) is 4.68. The molecule has 0 radical (unpaired) electrons. The Kier molecular flexibility index (Phi) is 5.61. The van der Waals surface area contributed by atoms with Crippen molar-refractivity contribution in [1.82, 2.24) is 5.43 Å². The largest absolute Gasteiger partial charge is 0.490 e. The second kappa shape index (κ2) is 7.45. The van der Waals surface area contributed by atoms with Crippen molar-refractivity contribution in [2.75, 3.05) is 13.2 Å². The number of hydrogen-bond donors (Lipinski definition) is 2. The summed E-state index contributed by atoms with van der Waals surface area (Å²) in [7, 11) is 0. The maximum atomic E-state index is 5.77. The van der Waals surface area contributed by atoms with E-state index < -0.39 is 0 Å². The monoisotopic (exact) mass is 306 g/mol. The van der Waals surface area contributed by atoms with E-state index in [-0.39, 0.29) is 6.04 Å². The molecule has 5 heteroatoms. The van der Waals surface area contributed by atoms with Crippen LogP contribution in [0, 0.1) is 6.92 Å². The van der Waals surface area contributed by atoms with Gasteiger partial charge in [0.25, 0.3) is 0 Å². The molecule has 0 spiro atoms. The number of benzene rings is 1. The van der Waals surface area contributed by atoms with E-state index in [0.29, 0.717) is 13.2 Å². The van der Waals surface area contributed by atoms with Crippen LogP contribution in [-0.4, -0.2) is 13.2 Å². The van der Waals surface area contributed by atoms with Gasteiger partial charge >= 0.3 is 0 Å². The van der Waals surface area contributed by atoms with Crippen molar-refractivity contribution in [3.05, 3.63) is 45.6 Å². The van der Waals surface area contributed by atoms with Crippen LogP contribution in [0.3, 0.4) is 0 Å². The summed E-state index contributed by atoms with van der Waals surface area (Å²) in [5.41, 5.74) is 6.37. The van der Waals surface area contributed by atoms with Crippen LogP contribution in [-0.2, 0) is 0 Å². The third-order valence-corrected chi connectivity index (χ3v) is 4.15. The van der Waals surface area contributed by atoms with Gasteiger partial charge in [0.15, 0.2) is 11.5 Å². The van der Waals surface area contributed by atoms with Crippen molar-refractivity contribution in [1.29, 1.82) is 0 Å². The zero-order chi connectivity index (χ0) is 15.2. The van der Waals surface area contributed by atoms with E-state index in [1.54, 1.807) is 11.3 Å². The van der Waals surface area contributed by atoms with Crippen molar-refractivity contribution < 1.29 is 9.47 Å². The summed E-state index contributed by atoms with van der Waals surface area (Å²) in [4.78, 5) is 0. The smallest absolute Gasteiger partial charge is 0.161 e. The van der Waals surface area contributed by atoms with E-state index in [9.17, 15) is 0 Å². The molecule has 0 aliphatic heterocycles. The Balaban J connectivity index is 2.38. The maximum Gasteiger partial charge on any atom is 0.161 e. The molecule has 1 aromatic heterocycles. The van der Waals surface area contributed by atoms with Crippen LogP contribution in [0.2, 0.25) is 0 Å². The van der Waals surface area contributed by atoms with Gasteiger partial charge < -0.3 is 9.47 Å². The average molecular weight is 306 g/mol. The molecule has 2 aromatic rings. The van der Waals surface area contributed by atoms with Gasteiger partial charge in [-0.15, -0.1) is 0 Å². The number of ether oxygens (including phenoxy) is 2. The molecule has 4 nitrogen and oxygen atoms in total. The molecule has 1 unspecified atom stereocenters. The van der Waals surface area contributed by atoms with Crippen LogP contribution in [0.4, 0.5) is 0 Å². The van der Waals surface area contributed by atoms with Crippen LogP contribution >= 0.6 is 11.3 Å². The number of hydrogen-bond acceptors (Lipinski definition) is 5. The Hall–Kier alpha value is -1.56. The normalized spacial score (nSPS) is 12.2. The minimum Gasteiger partial charge on any atom is -0.490 e. The van der Waals surface area contributed by atoms with Crippen LogP contribution in [0.5, 0.6) is 11.5 Å². The van der Waals surface area contributed by atoms with Gasteiger partial charge in [0, 0.05) is 0 Å². The summed E-state index contributed by atoms with van der Waals surface area (Å²) in [6.07, 6.45) is 0. The molecule has 0 saturated carbocycles. The van der Waals surface area contributed by atoms with E-state index in [0.717, 1.165) is 17.1 Å². The summed E-state index contributed by atoms with van der Waals surface area (Å²) in [5, 5.41) is 4.24. The molecule has 2 rings (SSSR count). The topological polar surface area (TPSA) is 56.5 Å². The summed E-state index contributed by atoms with van der Waals surface area (Å²) in [5.74, 6) is 7.29. The summed E-state index contributed by atoms with van der Waals surface area (Å²) < 4.78 is 11.3. The molecule has 0 amide bonds. The van der Waals surface area contributed by atoms with E-state index in [4.69, 9.17) is 15.3 Å². The molecule has 0 aliphatic rings. The second-order valence-corrected chi connectivity index (χ2v) is 5.43. The third kappa shape index (κ3) is 3.56. The Labute approximate surface area is 129 Å². The minimum atomic E-state index is -0.0499. The zero-order valence-corrected chi connectivity index (χ0v) is 13.5. The van der Waals surface area contributed by atoms with Gasteiger partial charge in [0.05, 0.1) is 19.3 Å². The summed E-state index contributed by atoms with van der Waals surface area (Å²) >= 11 is 1.68. The molecule has 1 atom stereocenters. The van der Waals surface area contributed by atoms with Crippen molar-refractivity contribution in [2.45, 2.75) is 26.8 Å². The van der Waals surface area contributed by atoms with Gasteiger partial charge in [-0.3, -0.25) is 5.84 Å². The van der Waals surface area contributed by atoms with Gasteiger partial charge in [0.2, 0.25) is 0 Å². The van der Waals surface area contributed by atoms with Crippen molar-refractivity contribution in [3.63, 3.8) is 0 Å². The minimum absolute atomic E-state index is 0.0499. The Morgan fingerprint density at radius 2 is 1.86 bits per heavy atom. The number of nitrogens with two attached hydrogens (primary N) is 1. The molecular weight excluding hydrogens is 284 g/mol. The summed E-state index contributed by atoms with van der Waals surface area (Å²) in [6, 6.07) is 5.91. The van der Waals surface area contributed by atoms with Gasteiger partial charge in [-0.25, -0.2) is 5.43 Å². The Morgan fingerprint density at radius 1 is 1.14 bits per heavy atom. The quantitative estimate of drug-likeness (QED) is 0.608. The van der Waals surface area contributed by atoms with E-state index in [1.807, 2.05) is 32.0 Å². The molecule has 1 heterocycles. The number of aryl methyl sites for hydroxylation is 1. The van der Waals surface area contributed by atoms with Gasteiger partial charge in [-0.2, -0.15) is 11.3 Å². The average Bonchev–Trinajstić information content (AvgIpc) is 2.89. The molecule has 0 bridgehead atoms. The molecule has 114 valence electrons. The highest BCUT2D eigenvalue weighted by Gasteiger charge is 2.17. The van der Waals surface area contributed by atoms with Crippen molar-refractivity contribution in [3.8, 4) is 11.5 Å². The first-order chi connectivity index (χ1) is 10.2. The lowest BCUT2D eigenvalue weighted by atomic mass is 9.98. The van der Waals surface area contributed by atoms with Crippen LogP contribution in [0.1, 0.15) is 36.6 Å². The molecule has 0 aliphatic carbocycles. The highest BCUT2D eigenvalue weighted by Crippen LogP contribution is 2.34. The first-order valence-corrected chi connectivity index (χ1v) is 8.03. The van der Waals surface area contributed by atoms with Crippen LogP contribution in [0.25, 0.3) is 0 Å². The molecule has 1 aromatic carbocycles. The van der Waals surface area contributed by atoms with E-state index in [1.165, 1.54) is 11.1 Å². The molecule has 3 N–H and O–H groups in total. The van der Waals surface area contributed by atoms with Gasteiger partial charge in [-0.05, 0) is 60.4 Å². The first-order valence-electron chi connectivity index (χ1n) is 7.09. The lowest BCUT2D eigenvalue weighted by Crippen LogP contribution is -2.29. The standard InChI is InChI=1S/C16H22N2O2S/c1-4-19-14-7-6-12(8-15(14)20-5-2)16(18-17)13-10-21-9-11(13)3/h6-10,16,18H,4-5,17H2,1-3H3. The fourth-order valence-corrected chi connectivity index (χ4v) is 3.16. The first kappa shape index (κ1) is 15.8. The fourth-order valence-electron chi connectivity index (χ4n) is 2.28. The predicted molar refractivity (Wildman–Crippen MR) is 87.0 cm³/mol. The molecular formula is C16H22N2O2S. The number of nitrogens with one attached hydrogen (secondary N) is 1. The van der Waals surface area contributed by atoms with Crippen molar-refractivity contribution in [2.24, 2.45) is 5.84 Å². The highest BCUT2D eigenvalue weighted by molar-refractivity contribution is 7.08. The van der Waals surface area contributed by atoms with Crippen LogP contribution in [0.15, 0.2) is 29.0 Å². The maximum absolute atomic E-state index is 5.77. The SMILES string of the molecule is CCOc1ccc(C(NN)c2cscc2C)cc1OCC. The number of hydrazine groups is 1. The van der Waals surface area contributed by atoms with Crippen molar-refractivity contribution >= 4 is 11.3 Å². The van der Waals surface area contributed by atoms with Gasteiger partial charge in [0.1, 0.15) is 0 Å². The van der Waals surface area contributed by atoms with Crippen LogP contribution < -0.4 is 20.7 Å². The predicted octanol–water partition coefficient (Wildman–Crippen LogP) is 3.41. The lowest BCUT2D eigenvalue weighted by molar-refractivity contribution is 0.287. The zero-order valence-electron chi connectivity index (χ0n) is 12.7. The van der Waals surface area contributed by atoms with E-state index >= 15 is 0 Å².